The van der Waals surface area contributed by atoms with E-state index in [2.05, 4.69) is 36.6 Å². The molecule has 3 heteroatoms. The average Bonchev–Trinajstić information content (AvgIpc) is 2.49. The van der Waals surface area contributed by atoms with Gasteiger partial charge in [0, 0.05) is 38.2 Å². The van der Waals surface area contributed by atoms with Crippen molar-refractivity contribution in [2.45, 2.75) is 46.6 Å². The highest BCUT2D eigenvalue weighted by molar-refractivity contribution is 5.45. The van der Waals surface area contributed by atoms with Crippen LogP contribution in [-0.2, 0) is 0 Å². The summed E-state index contributed by atoms with van der Waals surface area (Å²) in [4.78, 5) is 0. The van der Waals surface area contributed by atoms with Crippen molar-refractivity contribution in [3.63, 3.8) is 0 Å². The minimum absolute atomic E-state index is 0. The molecule has 0 saturated carbocycles. The molecule has 1 saturated heterocycles. The molecule has 3 unspecified atom stereocenters. The SMILES string of the molecule is C.CC1=C(C2CNCC(O)C2)C2=CC(C)CC=C(C2)N1.[HH]. The lowest BCUT2D eigenvalue weighted by atomic mass is 9.81. The van der Waals surface area contributed by atoms with Crippen LogP contribution in [0.1, 0.15) is 42.0 Å². The summed E-state index contributed by atoms with van der Waals surface area (Å²) in [6.45, 7) is 6.17. The van der Waals surface area contributed by atoms with Crippen molar-refractivity contribution in [3.8, 4) is 0 Å². The Hall–Kier alpha value is -1.06. The molecule has 3 rings (SSSR count). The first kappa shape index (κ1) is 15.3. The number of rotatable bonds is 1. The zero-order valence-corrected chi connectivity index (χ0v) is 11.9. The van der Waals surface area contributed by atoms with Gasteiger partial charge in [-0.2, -0.15) is 0 Å². The molecule has 0 spiro atoms. The van der Waals surface area contributed by atoms with Crippen LogP contribution in [0.25, 0.3) is 0 Å². The number of fused-ring (bicyclic) bond motifs is 2. The van der Waals surface area contributed by atoms with E-state index in [1.165, 1.54) is 22.5 Å². The number of aliphatic hydroxyl groups excluding tert-OH is 1. The highest BCUT2D eigenvalue weighted by atomic mass is 16.3. The minimum atomic E-state index is -0.209. The van der Waals surface area contributed by atoms with Gasteiger partial charge < -0.3 is 15.7 Å². The summed E-state index contributed by atoms with van der Waals surface area (Å²) >= 11 is 0. The van der Waals surface area contributed by atoms with E-state index in [1.54, 1.807) is 0 Å². The fourth-order valence-electron chi connectivity index (χ4n) is 3.61. The van der Waals surface area contributed by atoms with Gasteiger partial charge in [-0.15, -0.1) is 0 Å². The maximum absolute atomic E-state index is 9.89. The van der Waals surface area contributed by atoms with Crippen LogP contribution < -0.4 is 10.6 Å². The van der Waals surface area contributed by atoms with Crippen molar-refractivity contribution in [3.05, 3.63) is 34.7 Å². The highest BCUT2D eigenvalue weighted by Crippen LogP contribution is 2.37. The second kappa shape index (κ2) is 6.15. The lowest BCUT2D eigenvalue weighted by Crippen LogP contribution is -2.41. The Morgan fingerprint density at radius 1 is 1.35 bits per heavy atom. The molecule has 2 heterocycles. The van der Waals surface area contributed by atoms with E-state index in [-0.39, 0.29) is 15.0 Å². The molecule has 3 atom stereocenters. The van der Waals surface area contributed by atoms with Crippen molar-refractivity contribution in [1.82, 2.24) is 10.6 Å². The van der Waals surface area contributed by atoms with Gasteiger partial charge >= 0.3 is 0 Å². The van der Waals surface area contributed by atoms with Crippen LogP contribution in [0.3, 0.4) is 0 Å². The normalized spacial score (nSPS) is 33.5. The monoisotopic (exact) mass is 278 g/mol. The molecule has 3 N–H and O–H groups in total. The van der Waals surface area contributed by atoms with Crippen LogP contribution in [0.2, 0.25) is 0 Å². The zero-order valence-electron chi connectivity index (χ0n) is 11.9. The van der Waals surface area contributed by atoms with Gasteiger partial charge in [-0.05, 0) is 36.8 Å². The molecule has 2 bridgehead atoms. The standard InChI is InChI=1S/C16H24N2O.CH4.H2/c1-10-3-4-14-6-12(5-10)16(11(2)18-14)13-7-15(19)9-17-8-13;;/h4-5,10,13,15,17-19H,3,6-9H2,1-2H3;1H4;1H. The second-order valence-corrected chi connectivity index (χ2v) is 6.22. The summed E-state index contributed by atoms with van der Waals surface area (Å²) in [7, 11) is 0. The van der Waals surface area contributed by atoms with Crippen LogP contribution >= 0.6 is 0 Å². The van der Waals surface area contributed by atoms with E-state index < -0.39 is 0 Å². The first-order valence-electron chi connectivity index (χ1n) is 7.40. The van der Waals surface area contributed by atoms with Crippen LogP contribution in [0.4, 0.5) is 0 Å². The van der Waals surface area contributed by atoms with E-state index >= 15 is 0 Å². The third kappa shape index (κ3) is 2.99. The summed E-state index contributed by atoms with van der Waals surface area (Å²) in [6.07, 6.45) is 7.60. The van der Waals surface area contributed by atoms with Crippen LogP contribution in [0.15, 0.2) is 34.7 Å². The Kier molecular flexibility index (Phi) is 4.71. The van der Waals surface area contributed by atoms with Gasteiger partial charge in [-0.25, -0.2) is 0 Å². The van der Waals surface area contributed by atoms with E-state index in [1.807, 2.05) is 0 Å². The average molecular weight is 278 g/mol. The van der Waals surface area contributed by atoms with E-state index in [4.69, 9.17) is 0 Å². The largest absolute Gasteiger partial charge is 0.392 e. The Balaban J connectivity index is 0.00000110. The predicted octanol–water partition coefficient (Wildman–Crippen LogP) is 2.96. The fourth-order valence-corrected chi connectivity index (χ4v) is 3.61. The van der Waals surface area contributed by atoms with E-state index in [9.17, 15) is 5.11 Å². The number of nitrogens with one attached hydrogen (secondary N) is 2. The van der Waals surface area contributed by atoms with Crippen molar-refractivity contribution >= 4 is 0 Å². The van der Waals surface area contributed by atoms with Gasteiger partial charge in [0.2, 0.25) is 0 Å². The summed E-state index contributed by atoms with van der Waals surface area (Å²) in [5, 5.41) is 16.8. The number of β-amino-alcohol motifs (C(OH)–C–C–N with tert-alkyl or cyclic N) is 1. The summed E-state index contributed by atoms with van der Waals surface area (Å²) < 4.78 is 0. The smallest absolute Gasteiger partial charge is 0.0670 e. The lowest BCUT2D eigenvalue weighted by molar-refractivity contribution is 0.123. The third-order valence-corrected chi connectivity index (χ3v) is 4.44. The molecule has 114 valence electrons. The van der Waals surface area contributed by atoms with E-state index in [0.29, 0.717) is 11.8 Å². The van der Waals surface area contributed by atoms with E-state index in [0.717, 1.165) is 32.4 Å². The Morgan fingerprint density at radius 2 is 2.15 bits per heavy atom. The summed E-state index contributed by atoms with van der Waals surface area (Å²) in [6, 6.07) is 0. The van der Waals surface area contributed by atoms with Crippen LogP contribution in [0, 0.1) is 11.8 Å². The van der Waals surface area contributed by atoms with Crippen molar-refractivity contribution in [1.29, 1.82) is 0 Å². The Labute approximate surface area is 124 Å². The minimum Gasteiger partial charge on any atom is -0.392 e. The number of hydrogen-bond acceptors (Lipinski definition) is 3. The molecule has 0 aromatic rings. The van der Waals surface area contributed by atoms with Gasteiger partial charge in [0.25, 0.3) is 0 Å². The quantitative estimate of drug-likeness (QED) is 0.691. The van der Waals surface area contributed by atoms with Crippen LogP contribution in [0.5, 0.6) is 0 Å². The second-order valence-electron chi connectivity index (χ2n) is 6.22. The molecule has 3 aliphatic rings. The maximum atomic E-state index is 9.89. The lowest BCUT2D eigenvalue weighted by Gasteiger charge is -2.34. The van der Waals surface area contributed by atoms with Gasteiger partial charge in [0.15, 0.2) is 0 Å². The molecule has 20 heavy (non-hydrogen) atoms. The summed E-state index contributed by atoms with van der Waals surface area (Å²) in [5.41, 5.74) is 5.55. The molecule has 0 aromatic carbocycles. The molecular weight excluding hydrogens is 248 g/mol. The predicted molar refractivity (Wildman–Crippen MR) is 86.2 cm³/mol. The van der Waals surface area contributed by atoms with Gasteiger partial charge in [-0.1, -0.05) is 26.5 Å². The van der Waals surface area contributed by atoms with Gasteiger partial charge in [0.1, 0.15) is 0 Å². The fraction of sp³-hybridized carbons (Fsp3) is 0.647. The highest BCUT2D eigenvalue weighted by Gasteiger charge is 2.30. The molecule has 2 aliphatic heterocycles. The van der Waals surface area contributed by atoms with Crippen molar-refractivity contribution in [2.24, 2.45) is 11.8 Å². The molecule has 0 aromatic heterocycles. The van der Waals surface area contributed by atoms with Crippen LogP contribution in [-0.4, -0.2) is 24.3 Å². The molecule has 0 amide bonds. The molecular formula is C17H30N2O. The Morgan fingerprint density at radius 3 is 2.90 bits per heavy atom. The topological polar surface area (TPSA) is 44.3 Å². The number of piperidine rings is 1. The van der Waals surface area contributed by atoms with Gasteiger partial charge in [0.05, 0.1) is 6.10 Å². The molecule has 0 radical (unpaired) electrons. The number of allylic oxidation sites excluding steroid dienone is 4. The first-order chi connectivity index (χ1) is 9.13. The Bertz CT molecular complexity index is 467. The first-order valence-corrected chi connectivity index (χ1v) is 7.40. The third-order valence-electron chi connectivity index (χ3n) is 4.44. The number of hydrogen-bond donors (Lipinski definition) is 3. The molecule has 3 nitrogen and oxygen atoms in total. The van der Waals surface area contributed by atoms with Gasteiger partial charge in [-0.3, -0.25) is 0 Å². The maximum Gasteiger partial charge on any atom is 0.0670 e. The number of aliphatic hydroxyl groups is 1. The zero-order chi connectivity index (χ0) is 13.4. The van der Waals surface area contributed by atoms with Crippen molar-refractivity contribution < 1.29 is 6.53 Å². The molecule has 1 aliphatic carbocycles. The van der Waals surface area contributed by atoms with Crippen molar-refractivity contribution in [2.75, 3.05) is 13.1 Å². The molecule has 1 fully saturated rings. The summed E-state index contributed by atoms with van der Waals surface area (Å²) in [5.74, 6) is 1.05.